The van der Waals surface area contributed by atoms with E-state index < -0.39 is 6.04 Å². The summed E-state index contributed by atoms with van der Waals surface area (Å²) in [6.45, 7) is 1.01. The van der Waals surface area contributed by atoms with E-state index in [4.69, 9.17) is 4.74 Å². The van der Waals surface area contributed by atoms with Gasteiger partial charge >= 0.3 is 0 Å². The van der Waals surface area contributed by atoms with E-state index in [-0.39, 0.29) is 36.8 Å². The van der Waals surface area contributed by atoms with Gasteiger partial charge in [-0.2, -0.15) is 0 Å². The summed E-state index contributed by atoms with van der Waals surface area (Å²) in [4.78, 5) is 31.4. The highest BCUT2D eigenvalue weighted by Gasteiger charge is 2.33. The summed E-state index contributed by atoms with van der Waals surface area (Å²) < 4.78 is 20.9. The number of carbonyl (C=O) groups is 2. The topological polar surface area (TPSA) is 92.6 Å². The molecule has 0 aliphatic carbocycles. The van der Waals surface area contributed by atoms with E-state index in [9.17, 15) is 14.0 Å². The molecule has 5 rings (SSSR count). The maximum Gasteiger partial charge on any atom is 0.247 e. The zero-order valence-electron chi connectivity index (χ0n) is 22.7. The van der Waals surface area contributed by atoms with Crippen molar-refractivity contribution < 1.29 is 18.7 Å². The third kappa shape index (κ3) is 6.28. The summed E-state index contributed by atoms with van der Waals surface area (Å²) in [5.41, 5.74) is 3.71. The normalized spacial score (nSPS) is 15.6. The first-order valence-corrected chi connectivity index (χ1v) is 13.4. The molecule has 0 unspecified atom stereocenters. The molecule has 1 fully saturated rings. The number of ether oxygens (including phenoxy) is 1. The summed E-state index contributed by atoms with van der Waals surface area (Å²) in [6.07, 6.45) is 1.78. The first-order valence-electron chi connectivity index (χ1n) is 13.4. The Balaban J connectivity index is 1.50. The zero-order valence-corrected chi connectivity index (χ0v) is 22.7. The van der Waals surface area contributed by atoms with Gasteiger partial charge in [0.2, 0.25) is 11.8 Å². The van der Waals surface area contributed by atoms with E-state index in [1.807, 2.05) is 67.5 Å². The van der Waals surface area contributed by atoms with Crippen LogP contribution in [0.4, 0.5) is 10.1 Å². The molecular weight excluding hydrogens is 511 g/mol. The first-order chi connectivity index (χ1) is 19.4. The monoisotopic (exact) mass is 544 g/mol. The largest absolute Gasteiger partial charge is 0.378 e. The van der Waals surface area contributed by atoms with Crippen molar-refractivity contribution in [2.45, 2.75) is 38.1 Å². The molecule has 10 heteroatoms. The predicted molar refractivity (Wildman–Crippen MR) is 150 cm³/mol. The van der Waals surface area contributed by atoms with Gasteiger partial charge in [0.05, 0.1) is 11.6 Å². The molecule has 1 saturated heterocycles. The van der Waals surface area contributed by atoms with E-state index in [1.54, 1.807) is 12.1 Å². The molecule has 2 amide bonds. The summed E-state index contributed by atoms with van der Waals surface area (Å²) in [6, 6.07) is 19.9. The number of nitrogens with zero attached hydrogens (tertiary/aromatic N) is 5. The second-order valence-electron chi connectivity index (χ2n) is 10.2. The molecule has 0 bridgehead atoms. The predicted octanol–water partition coefficient (Wildman–Crippen LogP) is 3.70. The molecule has 1 aliphatic heterocycles. The highest BCUT2D eigenvalue weighted by molar-refractivity contribution is 5.89. The molecule has 9 nitrogen and oxygen atoms in total. The number of benzene rings is 3. The van der Waals surface area contributed by atoms with Crippen molar-refractivity contribution in [3.63, 3.8) is 0 Å². The molecule has 40 heavy (non-hydrogen) atoms. The van der Waals surface area contributed by atoms with Crippen LogP contribution in [-0.2, 0) is 27.4 Å². The molecule has 3 aromatic carbocycles. The average Bonchev–Trinajstić information content (AvgIpc) is 3.63. The molecular formula is C30H33FN6O3. The fourth-order valence-corrected chi connectivity index (χ4v) is 4.91. The van der Waals surface area contributed by atoms with Crippen molar-refractivity contribution in [1.82, 2.24) is 25.2 Å². The molecule has 0 spiro atoms. The van der Waals surface area contributed by atoms with Gasteiger partial charge in [0.25, 0.3) is 0 Å². The van der Waals surface area contributed by atoms with Crippen LogP contribution in [0.3, 0.4) is 0 Å². The quantitative estimate of drug-likeness (QED) is 0.327. The van der Waals surface area contributed by atoms with Crippen molar-refractivity contribution >= 4 is 28.5 Å². The molecule has 4 aromatic rings. The number of rotatable bonds is 10. The third-order valence-electron chi connectivity index (χ3n) is 7.10. The second kappa shape index (κ2) is 12.3. The van der Waals surface area contributed by atoms with Gasteiger partial charge in [-0.25, -0.2) is 9.07 Å². The number of nitrogens with one attached hydrogen (secondary N) is 1. The number of halogens is 1. The van der Waals surface area contributed by atoms with Crippen molar-refractivity contribution in [1.29, 1.82) is 0 Å². The fraction of sp³-hybridized carbons (Fsp3) is 0.333. The SMILES string of the molecule is CN(C)c1ccc([C@H](C(=O)NC[C@H]2CCCO2)N(Cc2ccc(F)cc2)C(=O)Cn2nnc3ccccc32)cc1. The van der Waals surface area contributed by atoms with Gasteiger partial charge in [0.1, 0.15) is 23.9 Å². The minimum atomic E-state index is -0.940. The molecule has 2 heterocycles. The van der Waals surface area contributed by atoms with E-state index in [0.29, 0.717) is 35.3 Å². The lowest BCUT2D eigenvalue weighted by atomic mass is 10.0. The van der Waals surface area contributed by atoms with Crippen molar-refractivity contribution in [2.75, 3.05) is 32.1 Å². The number of aromatic nitrogens is 3. The molecule has 1 N–H and O–H groups in total. The van der Waals surface area contributed by atoms with Crippen LogP contribution >= 0.6 is 0 Å². The van der Waals surface area contributed by atoms with Gasteiger partial charge in [-0.05, 0) is 60.4 Å². The summed E-state index contributed by atoms with van der Waals surface area (Å²) in [5.74, 6) is -1.01. The standard InChI is InChI=1S/C30H33FN6O3/c1-35(2)24-15-11-22(12-16-24)29(30(39)32-18-25-6-5-17-40-25)36(19-21-9-13-23(31)14-10-21)28(38)20-37-27-8-4-3-7-26(27)33-34-37/h3-4,7-16,25,29H,5-6,17-20H2,1-2H3,(H,32,39)/t25-,29-/m1/s1. The Morgan fingerprint density at radius 2 is 1.82 bits per heavy atom. The Kier molecular flexibility index (Phi) is 8.35. The van der Waals surface area contributed by atoms with Crippen LogP contribution in [0.2, 0.25) is 0 Å². The molecule has 2 atom stereocenters. The number of anilines is 1. The summed E-state index contributed by atoms with van der Waals surface area (Å²) in [7, 11) is 3.88. The maximum absolute atomic E-state index is 14.0. The zero-order chi connectivity index (χ0) is 28.1. The van der Waals surface area contributed by atoms with E-state index in [1.165, 1.54) is 21.7 Å². The van der Waals surface area contributed by atoms with Gasteiger partial charge in [0, 0.05) is 39.5 Å². The Hall–Kier alpha value is -4.31. The van der Waals surface area contributed by atoms with Crippen LogP contribution in [-0.4, -0.2) is 65.1 Å². The lowest BCUT2D eigenvalue weighted by molar-refractivity contribution is -0.142. The Labute approximate surface area is 232 Å². The number of para-hydroxylation sites is 1. The third-order valence-corrected chi connectivity index (χ3v) is 7.10. The Morgan fingerprint density at radius 3 is 2.52 bits per heavy atom. The van der Waals surface area contributed by atoms with Gasteiger partial charge < -0.3 is 19.9 Å². The van der Waals surface area contributed by atoms with Crippen LogP contribution in [0.1, 0.15) is 30.0 Å². The van der Waals surface area contributed by atoms with Crippen LogP contribution in [0.5, 0.6) is 0 Å². The maximum atomic E-state index is 14.0. The van der Waals surface area contributed by atoms with Crippen molar-refractivity contribution in [3.05, 3.63) is 89.7 Å². The van der Waals surface area contributed by atoms with E-state index in [2.05, 4.69) is 15.6 Å². The van der Waals surface area contributed by atoms with Crippen LogP contribution < -0.4 is 10.2 Å². The average molecular weight is 545 g/mol. The molecule has 0 saturated carbocycles. The van der Waals surface area contributed by atoms with Gasteiger partial charge in [-0.1, -0.05) is 41.6 Å². The lowest BCUT2D eigenvalue weighted by Gasteiger charge is -2.32. The lowest BCUT2D eigenvalue weighted by Crippen LogP contribution is -2.46. The number of hydrogen-bond acceptors (Lipinski definition) is 6. The Morgan fingerprint density at radius 1 is 1.07 bits per heavy atom. The van der Waals surface area contributed by atoms with Crippen molar-refractivity contribution in [2.24, 2.45) is 0 Å². The number of fused-ring (bicyclic) bond motifs is 1. The minimum absolute atomic E-state index is 0.0523. The minimum Gasteiger partial charge on any atom is -0.378 e. The van der Waals surface area contributed by atoms with Crippen molar-refractivity contribution in [3.8, 4) is 0 Å². The van der Waals surface area contributed by atoms with E-state index >= 15 is 0 Å². The smallest absolute Gasteiger partial charge is 0.247 e. The highest BCUT2D eigenvalue weighted by Crippen LogP contribution is 2.27. The number of hydrogen-bond donors (Lipinski definition) is 1. The summed E-state index contributed by atoms with van der Waals surface area (Å²) >= 11 is 0. The highest BCUT2D eigenvalue weighted by atomic mass is 19.1. The van der Waals surface area contributed by atoms with Gasteiger partial charge in [0.15, 0.2) is 0 Å². The molecule has 0 radical (unpaired) electrons. The molecule has 1 aromatic heterocycles. The van der Waals surface area contributed by atoms with Gasteiger partial charge in [-0.15, -0.1) is 5.10 Å². The second-order valence-corrected chi connectivity index (χ2v) is 10.2. The fourth-order valence-electron chi connectivity index (χ4n) is 4.91. The molecule has 208 valence electrons. The number of amides is 2. The first kappa shape index (κ1) is 27.3. The molecule has 1 aliphatic rings. The Bertz CT molecular complexity index is 1450. The summed E-state index contributed by atoms with van der Waals surface area (Å²) in [5, 5.41) is 11.4. The van der Waals surface area contributed by atoms with Gasteiger partial charge in [-0.3, -0.25) is 9.59 Å². The van der Waals surface area contributed by atoms with Crippen LogP contribution in [0.15, 0.2) is 72.8 Å². The number of carbonyl (C=O) groups excluding carboxylic acids is 2. The van der Waals surface area contributed by atoms with Crippen LogP contribution in [0.25, 0.3) is 11.0 Å². The van der Waals surface area contributed by atoms with E-state index in [0.717, 1.165) is 18.5 Å². The van der Waals surface area contributed by atoms with Crippen LogP contribution in [0, 0.1) is 5.82 Å².